The summed E-state index contributed by atoms with van der Waals surface area (Å²) in [5.74, 6) is 0.0962. The number of esters is 1. The molecule has 0 aliphatic rings. The number of methoxy groups -OCH3 is 1. The molecule has 0 spiro atoms. The van der Waals surface area contributed by atoms with Crippen molar-refractivity contribution in [1.82, 2.24) is 0 Å². The SMILES string of the molecule is COc1ccc(NC(=O)COC(=O)COc2ccc(Cl)c(C)c2)cc1. The van der Waals surface area contributed by atoms with E-state index in [9.17, 15) is 9.59 Å². The maximum absolute atomic E-state index is 11.8. The van der Waals surface area contributed by atoms with Gasteiger partial charge in [0, 0.05) is 10.7 Å². The molecule has 2 aromatic rings. The number of rotatable bonds is 7. The van der Waals surface area contributed by atoms with E-state index in [4.69, 9.17) is 25.8 Å². The van der Waals surface area contributed by atoms with E-state index in [2.05, 4.69) is 5.32 Å². The summed E-state index contributed by atoms with van der Waals surface area (Å²) in [6, 6.07) is 11.8. The fraction of sp³-hybridized carbons (Fsp3) is 0.222. The number of nitrogens with one attached hydrogen (secondary N) is 1. The molecule has 2 rings (SSSR count). The first-order chi connectivity index (χ1) is 12.0. The first kappa shape index (κ1) is 18.6. The van der Waals surface area contributed by atoms with Gasteiger partial charge in [0.15, 0.2) is 13.2 Å². The van der Waals surface area contributed by atoms with E-state index in [1.54, 1.807) is 49.6 Å². The third-order valence-corrected chi connectivity index (χ3v) is 3.65. The second-order valence-electron chi connectivity index (χ2n) is 5.14. The molecule has 0 bridgehead atoms. The van der Waals surface area contributed by atoms with Crippen molar-refractivity contribution in [2.24, 2.45) is 0 Å². The van der Waals surface area contributed by atoms with Crippen LogP contribution in [0.25, 0.3) is 0 Å². The van der Waals surface area contributed by atoms with Gasteiger partial charge in [0.1, 0.15) is 11.5 Å². The Balaban J connectivity index is 1.73. The summed E-state index contributed by atoms with van der Waals surface area (Å²) in [6.07, 6.45) is 0. The predicted octanol–water partition coefficient (Wildman–Crippen LogP) is 3.22. The molecular formula is C18H18ClNO5. The number of hydrogen-bond donors (Lipinski definition) is 1. The van der Waals surface area contributed by atoms with E-state index in [0.29, 0.717) is 22.2 Å². The lowest BCUT2D eigenvalue weighted by Crippen LogP contribution is -2.23. The van der Waals surface area contributed by atoms with Crippen LogP contribution in [0.1, 0.15) is 5.56 Å². The zero-order valence-electron chi connectivity index (χ0n) is 13.9. The van der Waals surface area contributed by atoms with E-state index in [0.717, 1.165) is 5.56 Å². The zero-order chi connectivity index (χ0) is 18.2. The molecule has 0 fully saturated rings. The highest BCUT2D eigenvalue weighted by Crippen LogP contribution is 2.21. The second-order valence-corrected chi connectivity index (χ2v) is 5.54. The number of hydrogen-bond acceptors (Lipinski definition) is 5. The molecule has 7 heteroatoms. The molecule has 132 valence electrons. The monoisotopic (exact) mass is 363 g/mol. The zero-order valence-corrected chi connectivity index (χ0v) is 14.6. The van der Waals surface area contributed by atoms with Crippen molar-refractivity contribution >= 4 is 29.2 Å². The van der Waals surface area contributed by atoms with Crippen LogP contribution < -0.4 is 14.8 Å². The Morgan fingerprint density at radius 3 is 2.36 bits per heavy atom. The number of anilines is 1. The van der Waals surface area contributed by atoms with E-state index < -0.39 is 18.5 Å². The summed E-state index contributed by atoms with van der Waals surface area (Å²) in [5, 5.41) is 3.22. The quantitative estimate of drug-likeness (QED) is 0.764. The number of benzene rings is 2. The summed E-state index contributed by atoms with van der Waals surface area (Å²) in [5.41, 5.74) is 1.42. The first-order valence-electron chi connectivity index (χ1n) is 7.46. The molecule has 0 aromatic heterocycles. The smallest absolute Gasteiger partial charge is 0.344 e. The Hall–Kier alpha value is -2.73. The van der Waals surface area contributed by atoms with Gasteiger partial charge in [-0.3, -0.25) is 4.79 Å². The lowest BCUT2D eigenvalue weighted by molar-refractivity contribution is -0.149. The Bertz CT molecular complexity index is 746. The molecule has 6 nitrogen and oxygen atoms in total. The molecule has 25 heavy (non-hydrogen) atoms. The molecular weight excluding hydrogens is 346 g/mol. The Labute approximate surface area is 150 Å². The number of ether oxygens (including phenoxy) is 3. The average Bonchev–Trinajstić information content (AvgIpc) is 2.61. The minimum absolute atomic E-state index is 0.295. The van der Waals surface area contributed by atoms with Crippen LogP contribution in [0.2, 0.25) is 5.02 Å². The molecule has 0 atom stereocenters. The van der Waals surface area contributed by atoms with Gasteiger partial charge in [0.05, 0.1) is 7.11 Å². The highest BCUT2D eigenvalue weighted by molar-refractivity contribution is 6.31. The number of halogens is 1. The van der Waals surface area contributed by atoms with E-state index in [1.807, 2.05) is 6.92 Å². The summed E-state index contributed by atoms with van der Waals surface area (Å²) in [7, 11) is 1.56. The van der Waals surface area contributed by atoms with Crippen LogP contribution >= 0.6 is 11.6 Å². The molecule has 0 heterocycles. The summed E-state index contributed by atoms with van der Waals surface area (Å²) < 4.78 is 15.2. The van der Waals surface area contributed by atoms with Crippen molar-refractivity contribution in [1.29, 1.82) is 0 Å². The van der Waals surface area contributed by atoms with Crippen molar-refractivity contribution in [3.63, 3.8) is 0 Å². The van der Waals surface area contributed by atoms with E-state index >= 15 is 0 Å². The van der Waals surface area contributed by atoms with E-state index in [-0.39, 0.29) is 6.61 Å². The maximum atomic E-state index is 11.8. The van der Waals surface area contributed by atoms with Gasteiger partial charge in [0.25, 0.3) is 5.91 Å². The maximum Gasteiger partial charge on any atom is 0.344 e. The van der Waals surface area contributed by atoms with Gasteiger partial charge in [0.2, 0.25) is 0 Å². The molecule has 2 aromatic carbocycles. The first-order valence-corrected chi connectivity index (χ1v) is 7.84. The van der Waals surface area contributed by atoms with Crippen LogP contribution in [0.3, 0.4) is 0 Å². The Morgan fingerprint density at radius 1 is 1.04 bits per heavy atom. The molecule has 0 saturated heterocycles. The van der Waals surface area contributed by atoms with Crippen LogP contribution in [0.5, 0.6) is 11.5 Å². The van der Waals surface area contributed by atoms with Gasteiger partial charge in [-0.25, -0.2) is 4.79 Å². The van der Waals surface area contributed by atoms with Gasteiger partial charge in [-0.1, -0.05) is 11.6 Å². The van der Waals surface area contributed by atoms with Gasteiger partial charge in [-0.05, 0) is 55.0 Å². The largest absolute Gasteiger partial charge is 0.497 e. The van der Waals surface area contributed by atoms with Gasteiger partial charge >= 0.3 is 5.97 Å². The van der Waals surface area contributed by atoms with Crippen LogP contribution in [-0.2, 0) is 14.3 Å². The Morgan fingerprint density at radius 2 is 1.72 bits per heavy atom. The normalized spacial score (nSPS) is 10.0. The van der Waals surface area contributed by atoms with Crippen molar-refractivity contribution in [3.05, 3.63) is 53.1 Å². The summed E-state index contributed by atoms with van der Waals surface area (Å²) >= 11 is 5.91. The molecule has 0 unspecified atom stereocenters. The van der Waals surface area contributed by atoms with Crippen molar-refractivity contribution in [2.75, 3.05) is 25.6 Å². The Kier molecular flexibility index (Phi) is 6.65. The van der Waals surface area contributed by atoms with Crippen molar-refractivity contribution in [3.8, 4) is 11.5 Å². The molecule has 0 aliphatic heterocycles. The van der Waals surface area contributed by atoms with Gasteiger partial charge in [-0.15, -0.1) is 0 Å². The van der Waals surface area contributed by atoms with Gasteiger partial charge in [-0.2, -0.15) is 0 Å². The lowest BCUT2D eigenvalue weighted by Gasteiger charge is -2.09. The van der Waals surface area contributed by atoms with Crippen LogP contribution in [0.4, 0.5) is 5.69 Å². The fourth-order valence-corrected chi connectivity index (χ4v) is 2.03. The van der Waals surface area contributed by atoms with Gasteiger partial charge < -0.3 is 19.5 Å². The minimum Gasteiger partial charge on any atom is -0.497 e. The molecule has 0 radical (unpaired) electrons. The highest BCUT2D eigenvalue weighted by Gasteiger charge is 2.09. The van der Waals surface area contributed by atoms with E-state index in [1.165, 1.54) is 0 Å². The number of carbonyl (C=O) groups is 2. The molecule has 0 saturated carbocycles. The summed E-state index contributed by atoms with van der Waals surface area (Å²) in [6.45, 7) is 1.14. The lowest BCUT2D eigenvalue weighted by atomic mass is 10.2. The predicted molar refractivity (Wildman–Crippen MR) is 94.3 cm³/mol. The molecule has 1 N–H and O–H groups in total. The van der Waals surface area contributed by atoms with Crippen LogP contribution in [0, 0.1) is 6.92 Å². The number of carbonyl (C=O) groups excluding carboxylic acids is 2. The molecule has 1 amide bonds. The number of aryl methyl sites for hydroxylation is 1. The average molecular weight is 364 g/mol. The van der Waals surface area contributed by atoms with Crippen molar-refractivity contribution in [2.45, 2.75) is 6.92 Å². The van der Waals surface area contributed by atoms with Crippen molar-refractivity contribution < 1.29 is 23.8 Å². The fourth-order valence-electron chi connectivity index (χ4n) is 1.91. The third kappa shape index (κ3) is 6.00. The summed E-state index contributed by atoms with van der Waals surface area (Å²) in [4.78, 5) is 23.4. The third-order valence-electron chi connectivity index (χ3n) is 3.22. The van der Waals surface area contributed by atoms with Crippen LogP contribution in [-0.4, -0.2) is 32.2 Å². The highest BCUT2D eigenvalue weighted by atomic mass is 35.5. The number of amides is 1. The topological polar surface area (TPSA) is 73.9 Å². The standard InChI is InChI=1S/C18H18ClNO5/c1-12-9-15(7-8-16(12)19)24-11-18(22)25-10-17(21)20-13-3-5-14(23-2)6-4-13/h3-9H,10-11H2,1-2H3,(H,20,21). The minimum atomic E-state index is -0.641. The van der Waals surface area contributed by atoms with Crippen LogP contribution in [0.15, 0.2) is 42.5 Å². The second kappa shape index (κ2) is 8.94. The molecule has 0 aliphatic carbocycles.